The second-order valence-corrected chi connectivity index (χ2v) is 4.65. The maximum atomic E-state index is 11.8. The van der Waals surface area contributed by atoms with Gasteiger partial charge in [0.1, 0.15) is 6.10 Å². The van der Waals surface area contributed by atoms with Gasteiger partial charge in [0.2, 0.25) is 5.91 Å². The van der Waals surface area contributed by atoms with Crippen LogP contribution in [0.2, 0.25) is 0 Å². The number of rotatable bonds is 6. The minimum atomic E-state index is -0.395. The van der Waals surface area contributed by atoms with Crippen molar-refractivity contribution < 1.29 is 14.6 Å². The number of hydrogen-bond donors (Lipinski definition) is 3. The van der Waals surface area contributed by atoms with E-state index >= 15 is 0 Å². The summed E-state index contributed by atoms with van der Waals surface area (Å²) in [6.07, 6.45) is 1.31. The highest BCUT2D eigenvalue weighted by Gasteiger charge is 2.28. The minimum Gasteiger partial charge on any atom is -0.396 e. The summed E-state index contributed by atoms with van der Waals surface area (Å²) in [5.74, 6) is -0.0862. The lowest BCUT2D eigenvalue weighted by molar-refractivity contribution is -0.134. The molecule has 100 valence electrons. The summed E-state index contributed by atoms with van der Waals surface area (Å²) in [5.41, 5.74) is -0.197. The maximum Gasteiger partial charge on any atom is 0.250 e. The molecule has 0 spiro atoms. The van der Waals surface area contributed by atoms with Crippen LogP contribution in [0.4, 0.5) is 0 Å². The van der Waals surface area contributed by atoms with Crippen LogP contribution in [0.15, 0.2) is 0 Å². The van der Waals surface area contributed by atoms with Crippen LogP contribution >= 0.6 is 0 Å². The average molecular weight is 244 g/mol. The van der Waals surface area contributed by atoms with Gasteiger partial charge in [0.15, 0.2) is 0 Å². The Kier molecular flexibility index (Phi) is 5.88. The predicted octanol–water partition coefficient (Wildman–Crippen LogP) is -0.110. The van der Waals surface area contributed by atoms with E-state index in [1.807, 2.05) is 13.8 Å². The lowest BCUT2D eigenvalue weighted by atomic mass is 9.83. The molecule has 0 saturated carbocycles. The first-order valence-electron chi connectivity index (χ1n) is 6.38. The molecule has 0 aromatic rings. The molecular formula is C12H24N2O3. The van der Waals surface area contributed by atoms with Crippen LogP contribution in [0, 0.1) is 5.41 Å². The molecule has 0 aromatic heterocycles. The standard InChI is InChI=1S/C12H24N2O3/c1-3-12(4-2,9-15)8-14-11(16)10-7-13-5-6-17-10/h10,13,15H,3-9H2,1-2H3,(H,14,16). The second-order valence-electron chi connectivity index (χ2n) is 4.65. The Hall–Kier alpha value is -0.650. The molecule has 3 N–H and O–H groups in total. The summed E-state index contributed by atoms with van der Waals surface area (Å²) < 4.78 is 5.37. The zero-order valence-corrected chi connectivity index (χ0v) is 10.8. The van der Waals surface area contributed by atoms with E-state index in [0.29, 0.717) is 19.7 Å². The monoisotopic (exact) mass is 244 g/mol. The number of carbonyl (C=O) groups excluding carboxylic acids is 1. The number of hydrogen-bond acceptors (Lipinski definition) is 4. The molecule has 0 aromatic carbocycles. The van der Waals surface area contributed by atoms with Crippen LogP contribution in [0.1, 0.15) is 26.7 Å². The van der Waals surface area contributed by atoms with Crippen molar-refractivity contribution in [2.75, 3.05) is 32.8 Å². The summed E-state index contributed by atoms with van der Waals surface area (Å²) in [6.45, 7) is 6.61. The van der Waals surface area contributed by atoms with E-state index in [0.717, 1.165) is 19.4 Å². The van der Waals surface area contributed by atoms with Crippen molar-refractivity contribution in [1.82, 2.24) is 10.6 Å². The molecule has 1 heterocycles. The summed E-state index contributed by atoms with van der Waals surface area (Å²) in [7, 11) is 0. The molecule has 1 saturated heterocycles. The predicted molar refractivity (Wildman–Crippen MR) is 65.7 cm³/mol. The number of nitrogens with one attached hydrogen (secondary N) is 2. The number of aliphatic hydroxyl groups is 1. The topological polar surface area (TPSA) is 70.6 Å². The van der Waals surface area contributed by atoms with Crippen molar-refractivity contribution in [2.45, 2.75) is 32.8 Å². The molecule has 0 radical (unpaired) electrons. The first-order chi connectivity index (χ1) is 8.17. The molecule has 1 unspecified atom stereocenters. The molecular weight excluding hydrogens is 220 g/mol. The van der Waals surface area contributed by atoms with E-state index in [2.05, 4.69) is 10.6 Å². The van der Waals surface area contributed by atoms with Gasteiger partial charge in [-0.15, -0.1) is 0 Å². The maximum absolute atomic E-state index is 11.8. The van der Waals surface area contributed by atoms with Gasteiger partial charge in [-0.1, -0.05) is 13.8 Å². The van der Waals surface area contributed by atoms with Gasteiger partial charge in [-0.05, 0) is 12.8 Å². The Bertz CT molecular complexity index is 228. The molecule has 1 rings (SSSR count). The van der Waals surface area contributed by atoms with Crippen LogP contribution in [-0.2, 0) is 9.53 Å². The van der Waals surface area contributed by atoms with Gasteiger partial charge in [-0.2, -0.15) is 0 Å². The summed E-state index contributed by atoms with van der Waals surface area (Å²) in [5, 5.41) is 15.4. The Labute approximate surface area is 103 Å². The van der Waals surface area contributed by atoms with E-state index < -0.39 is 6.10 Å². The number of morpholine rings is 1. The average Bonchev–Trinajstić information content (AvgIpc) is 2.41. The Morgan fingerprint density at radius 3 is 2.71 bits per heavy atom. The quantitative estimate of drug-likeness (QED) is 0.610. The number of aliphatic hydroxyl groups excluding tert-OH is 1. The number of amides is 1. The third-order valence-electron chi connectivity index (χ3n) is 3.69. The highest BCUT2D eigenvalue weighted by atomic mass is 16.5. The SMILES string of the molecule is CCC(CC)(CO)CNC(=O)C1CNCCO1. The van der Waals surface area contributed by atoms with Crippen molar-refractivity contribution in [3.63, 3.8) is 0 Å². The molecule has 1 atom stereocenters. The zero-order valence-electron chi connectivity index (χ0n) is 10.8. The van der Waals surface area contributed by atoms with Gasteiger partial charge in [0.05, 0.1) is 13.2 Å². The fourth-order valence-electron chi connectivity index (χ4n) is 1.90. The lowest BCUT2D eigenvalue weighted by Gasteiger charge is -2.31. The van der Waals surface area contributed by atoms with Gasteiger partial charge in [0, 0.05) is 25.0 Å². The minimum absolute atomic E-state index is 0.0862. The third kappa shape index (κ3) is 3.94. The van der Waals surface area contributed by atoms with Crippen LogP contribution in [0.5, 0.6) is 0 Å². The largest absolute Gasteiger partial charge is 0.396 e. The molecule has 0 bridgehead atoms. The summed E-state index contributed by atoms with van der Waals surface area (Å²) in [6, 6.07) is 0. The second kappa shape index (κ2) is 6.93. The molecule has 0 aliphatic carbocycles. The van der Waals surface area contributed by atoms with E-state index in [9.17, 15) is 9.90 Å². The van der Waals surface area contributed by atoms with Gasteiger partial charge in [0.25, 0.3) is 0 Å². The van der Waals surface area contributed by atoms with Crippen molar-refractivity contribution in [2.24, 2.45) is 5.41 Å². The Morgan fingerprint density at radius 2 is 2.24 bits per heavy atom. The molecule has 1 aliphatic rings. The third-order valence-corrected chi connectivity index (χ3v) is 3.69. The highest BCUT2D eigenvalue weighted by Crippen LogP contribution is 2.24. The molecule has 1 fully saturated rings. The van der Waals surface area contributed by atoms with E-state index in [1.165, 1.54) is 0 Å². The zero-order chi connectivity index (χ0) is 12.7. The fraction of sp³-hybridized carbons (Fsp3) is 0.917. The van der Waals surface area contributed by atoms with Crippen LogP contribution < -0.4 is 10.6 Å². The number of carbonyl (C=O) groups is 1. The van der Waals surface area contributed by atoms with Gasteiger partial charge < -0.3 is 20.5 Å². The lowest BCUT2D eigenvalue weighted by Crippen LogP contribution is -2.50. The normalized spacial score (nSPS) is 21.2. The molecule has 5 nitrogen and oxygen atoms in total. The molecule has 17 heavy (non-hydrogen) atoms. The fourth-order valence-corrected chi connectivity index (χ4v) is 1.90. The van der Waals surface area contributed by atoms with Crippen molar-refractivity contribution in [3.05, 3.63) is 0 Å². The van der Waals surface area contributed by atoms with E-state index in [-0.39, 0.29) is 17.9 Å². The van der Waals surface area contributed by atoms with Crippen LogP contribution in [-0.4, -0.2) is 50.0 Å². The number of ether oxygens (including phenoxy) is 1. The van der Waals surface area contributed by atoms with Crippen LogP contribution in [0.3, 0.4) is 0 Å². The molecule has 1 amide bonds. The summed E-state index contributed by atoms with van der Waals surface area (Å²) in [4.78, 5) is 11.8. The van der Waals surface area contributed by atoms with Crippen LogP contribution in [0.25, 0.3) is 0 Å². The van der Waals surface area contributed by atoms with Crippen molar-refractivity contribution >= 4 is 5.91 Å². The Morgan fingerprint density at radius 1 is 1.53 bits per heavy atom. The van der Waals surface area contributed by atoms with Gasteiger partial charge in [-0.3, -0.25) is 4.79 Å². The van der Waals surface area contributed by atoms with E-state index in [4.69, 9.17) is 4.74 Å². The van der Waals surface area contributed by atoms with Gasteiger partial charge >= 0.3 is 0 Å². The Balaban J connectivity index is 2.40. The molecule has 1 aliphatic heterocycles. The van der Waals surface area contributed by atoms with E-state index in [1.54, 1.807) is 0 Å². The first-order valence-corrected chi connectivity index (χ1v) is 6.38. The smallest absolute Gasteiger partial charge is 0.250 e. The van der Waals surface area contributed by atoms with Gasteiger partial charge in [-0.25, -0.2) is 0 Å². The first kappa shape index (κ1) is 14.4. The highest BCUT2D eigenvalue weighted by molar-refractivity contribution is 5.81. The van der Waals surface area contributed by atoms with Crippen molar-refractivity contribution in [1.29, 1.82) is 0 Å². The van der Waals surface area contributed by atoms with Crippen molar-refractivity contribution in [3.8, 4) is 0 Å². The molecule has 5 heteroatoms. The summed E-state index contributed by atoms with van der Waals surface area (Å²) >= 11 is 0.